The third kappa shape index (κ3) is 4.39. The number of aromatic carboxylic acids is 1. The lowest BCUT2D eigenvalue weighted by Gasteiger charge is -2.11. The number of nitrogens with one attached hydrogen (secondary N) is 1. The number of benzene rings is 1. The highest BCUT2D eigenvalue weighted by Gasteiger charge is 2.19. The molecule has 1 amide bonds. The molecular formula is C17H20N2O3S. The van der Waals surface area contributed by atoms with Gasteiger partial charge in [-0.15, -0.1) is 11.3 Å². The highest BCUT2D eigenvalue weighted by Crippen LogP contribution is 2.23. The number of thiazole rings is 1. The van der Waals surface area contributed by atoms with Crippen molar-refractivity contribution in [3.05, 3.63) is 51.0 Å². The van der Waals surface area contributed by atoms with E-state index in [4.69, 9.17) is 5.11 Å². The predicted molar refractivity (Wildman–Crippen MR) is 89.9 cm³/mol. The molecule has 2 N–H and O–H groups in total. The summed E-state index contributed by atoms with van der Waals surface area (Å²) in [5.74, 6) is -1.09. The van der Waals surface area contributed by atoms with Gasteiger partial charge in [-0.2, -0.15) is 0 Å². The Kier molecular flexibility index (Phi) is 5.50. The third-order valence-electron chi connectivity index (χ3n) is 3.55. The van der Waals surface area contributed by atoms with Crippen molar-refractivity contribution in [2.45, 2.75) is 39.7 Å². The Morgan fingerprint density at radius 3 is 2.39 bits per heavy atom. The van der Waals surface area contributed by atoms with E-state index >= 15 is 0 Å². The van der Waals surface area contributed by atoms with Crippen LogP contribution in [0.3, 0.4) is 0 Å². The van der Waals surface area contributed by atoms with Gasteiger partial charge in [-0.1, -0.05) is 31.2 Å². The summed E-state index contributed by atoms with van der Waals surface area (Å²) in [6, 6.07) is 7.65. The molecule has 0 bridgehead atoms. The summed E-state index contributed by atoms with van der Waals surface area (Å²) in [5.41, 5.74) is 2.67. The number of carboxylic acid groups (broad SMARTS) is 1. The SMILES string of the molecule is CCc1ccc(CC(=O)NC(C)c2nc(C)c(C(=O)O)s2)cc1. The van der Waals surface area contributed by atoms with Crippen LogP contribution in [0.25, 0.3) is 0 Å². The Bertz CT molecular complexity index is 707. The van der Waals surface area contributed by atoms with Crippen molar-refractivity contribution in [2.75, 3.05) is 0 Å². The maximum absolute atomic E-state index is 12.1. The van der Waals surface area contributed by atoms with Gasteiger partial charge in [0.2, 0.25) is 5.91 Å². The van der Waals surface area contributed by atoms with E-state index in [0.717, 1.165) is 23.3 Å². The Morgan fingerprint density at radius 2 is 1.87 bits per heavy atom. The van der Waals surface area contributed by atoms with E-state index in [1.54, 1.807) is 6.92 Å². The van der Waals surface area contributed by atoms with E-state index in [0.29, 0.717) is 17.1 Å². The molecule has 1 atom stereocenters. The lowest BCUT2D eigenvalue weighted by Crippen LogP contribution is -2.28. The summed E-state index contributed by atoms with van der Waals surface area (Å²) < 4.78 is 0. The van der Waals surface area contributed by atoms with Crippen LogP contribution in [0, 0.1) is 6.92 Å². The van der Waals surface area contributed by atoms with Gasteiger partial charge in [-0.3, -0.25) is 4.79 Å². The van der Waals surface area contributed by atoms with Crippen LogP contribution in [0.15, 0.2) is 24.3 Å². The largest absolute Gasteiger partial charge is 0.477 e. The smallest absolute Gasteiger partial charge is 0.347 e. The molecule has 0 aliphatic carbocycles. The van der Waals surface area contributed by atoms with Crippen molar-refractivity contribution in [1.82, 2.24) is 10.3 Å². The number of hydrogen-bond donors (Lipinski definition) is 2. The van der Waals surface area contributed by atoms with E-state index in [-0.39, 0.29) is 16.8 Å². The van der Waals surface area contributed by atoms with E-state index in [2.05, 4.69) is 17.2 Å². The summed E-state index contributed by atoms with van der Waals surface area (Å²) in [7, 11) is 0. The Morgan fingerprint density at radius 1 is 1.26 bits per heavy atom. The summed E-state index contributed by atoms with van der Waals surface area (Å²) in [6.45, 7) is 5.56. The minimum Gasteiger partial charge on any atom is -0.477 e. The first kappa shape index (κ1) is 17.1. The van der Waals surface area contributed by atoms with Gasteiger partial charge in [0.25, 0.3) is 0 Å². The van der Waals surface area contributed by atoms with Gasteiger partial charge in [-0.05, 0) is 31.4 Å². The van der Waals surface area contributed by atoms with E-state index in [1.807, 2.05) is 31.2 Å². The molecule has 0 saturated heterocycles. The molecule has 5 nitrogen and oxygen atoms in total. The third-order valence-corrected chi connectivity index (χ3v) is 4.88. The number of rotatable bonds is 6. The summed E-state index contributed by atoms with van der Waals surface area (Å²) in [4.78, 5) is 27.6. The zero-order valence-electron chi connectivity index (χ0n) is 13.4. The molecule has 2 rings (SSSR count). The van der Waals surface area contributed by atoms with E-state index in [1.165, 1.54) is 5.56 Å². The molecule has 1 aromatic carbocycles. The van der Waals surface area contributed by atoms with Gasteiger partial charge in [-0.25, -0.2) is 9.78 Å². The molecule has 0 radical (unpaired) electrons. The number of carbonyl (C=O) groups is 2. The number of carbonyl (C=O) groups excluding carboxylic acids is 1. The molecule has 122 valence electrons. The van der Waals surface area contributed by atoms with Crippen molar-refractivity contribution >= 4 is 23.2 Å². The topological polar surface area (TPSA) is 79.3 Å². The van der Waals surface area contributed by atoms with Gasteiger partial charge in [0, 0.05) is 0 Å². The first-order chi connectivity index (χ1) is 10.9. The molecule has 0 aliphatic heterocycles. The number of amides is 1. The van der Waals surface area contributed by atoms with E-state index in [9.17, 15) is 9.59 Å². The molecule has 0 aliphatic rings. The maximum atomic E-state index is 12.1. The highest BCUT2D eigenvalue weighted by atomic mass is 32.1. The molecule has 0 spiro atoms. The molecule has 1 unspecified atom stereocenters. The molecule has 6 heteroatoms. The summed E-state index contributed by atoms with van der Waals surface area (Å²) in [5, 5.41) is 12.5. The fraction of sp³-hybridized carbons (Fsp3) is 0.353. The second-order valence-corrected chi connectivity index (χ2v) is 6.44. The number of aryl methyl sites for hydroxylation is 2. The van der Waals surface area contributed by atoms with Gasteiger partial charge in [0.1, 0.15) is 9.88 Å². The minimum absolute atomic E-state index is 0.105. The van der Waals surface area contributed by atoms with E-state index < -0.39 is 5.97 Å². The predicted octanol–water partition coefficient (Wildman–Crippen LogP) is 3.13. The fourth-order valence-electron chi connectivity index (χ4n) is 2.23. The first-order valence-corrected chi connectivity index (χ1v) is 8.30. The highest BCUT2D eigenvalue weighted by molar-refractivity contribution is 7.13. The van der Waals surface area contributed by atoms with Gasteiger partial charge in [0.05, 0.1) is 18.2 Å². The average Bonchev–Trinajstić information content (AvgIpc) is 2.90. The molecule has 2 aromatic rings. The fourth-order valence-corrected chi connectivity index (χ4v) is 3.14. The van der Waals surface area contributed by atoms with Crippen molar-refractivity contribution in [1.29, 1.82) is 0 Å². The van der Waals surface area contributed by atoms with Crippen LogP contribution in [-0.4, -0.2) is 22.0 Å². The number of nitrogens with zero attached hydrogens (tertiary/aromatic N) is 1. The van der Waals surface area contributed by atoms with Crippen LogP contribution in [0.2, 0.25) is 0 Å². The van der Waals surface area contributed by atoms with Gasteiger partial charge < -0.3 is 10.4 Å². The zero-order chi connectivity index (χ0) is 17.0. The maximum Gasteiger partial charge on any atom is 0.347 e. The quantitative estimate of drug-likeness (QED) is 0.852. The number of aromatic nitrogens is 1. The lowest BCUT2D eigenvalue weighted by atomic mass is 10.1. The van der Waals surface area contributed by atoms with Crippen molar-refractivity contribution in [2.24, 2.45) is 0 Å². The molecule has 1 aromatic heterocycles. The van der Waals surface area contributed by atoms with Crippen LogP contribution < -0.4 is 5.32 Å². The van der Waals surface area contributed by atoms with Crippen LogP contribution in [0.1, 0.15) is 51.4 Å². The number of carboxylic acids is 1. The monoisotopic (exact) mass is 332 g/mol. The Balaban J connectivity index is 1.98. The first-order valence-electron chi connectivity index (χ1n) is 7.48. The Hall–Kier alpha value is -2.21. The molecule has 0 fully saturated rings. The average molecular weight is 332 g/mol. The second kappa shape index (κ2) is 7.37. The second-order valence-electron chi connectivity index (χ2n) is 5.41. The molecule has 23 heavy (non-hydrogen) atoms. The zero-order valence-corrected chi connectivity index (χ0v) is 14.2. The van der Waals surface area contributed by atoms with Crippen molar-refractivity contribution < 1.29 is 14.7 Å². The molecular weight excluding hydrogens is 312 g/mol. The summed E-state index contributed by atoms with van der Waals surface area (Å²) >= 11 is 1.10. The minimum atomic E-state index is -0.985. The summed E-state index contributed by atoms with van der Waals surface area (Å²) in [6.07, 6.45) is 1.27. The standard InChI is InChI=1S/C17H20N2O3S/c1-4-12-5-7-13(8-6-12)9-14(20)18-11(3)16-19-10(2)15(23-16)17(21)22/h5-8,11H,4,9H2,1-3H3,(H,18,20)(H,21,22). The van der Waals surface area contributed by atoms with Crippen LogP contribution in [0.5, 0.6) is 0 Å². The Labute approximate surface area is 139 Å². The van der Waals surface area contributed by atoms with Gasteiger partial charge >= 0.3 is 5.97 Å². The number of hydrogen-bond acceptors (Lipinski definition) is 4. The molecule has 0 saturated carbocycles. The van der Waals surface area contributed by atoms with Crippen molar-refractivity contribution in [3.63, 3.8) is 0 Å². The van der Waals surface area contributed by atoms with Gasteiger partial charge in [0.15, 0.2) is 0 Å². The van der Waals surface area contributed by atoms with Crippen LogP contribution in [-0.2, 0) is 17.6 Å². The molecule has 1 heterocycles. The normalized spacial score (nSPS) is 12.0. The van der Waals surface area contributed by atoms with Crippen LogP contribution in [0.4, 0.5) is 0 Å². The van der Waals surface area contributed by atoms with Crippen molar-refractivity contribution in [3.8, 4) is 0 Å². The lowest BCUT2D eigenvalue weighted by molar-refractivity contribution is -0.121. The van der Waals surface area contributed by atoms with Crippen LogP contribution >= 0.6 is 11.3 Å².